The van der Waals surface area contributed by atoms with E-state index in [2.05, 4.69) is 36.6 Å². The Morgan fingerprint density at radius 2 is 1.04 bits per heavy atom. The lowest BCUT2D eigenvalue weighted by atomic mass is 9.89. The van der Waals surface area contributed by atoms with Crippen molar-refractivity contribution in [2.75, 3.05) is 22.1 Å². The number of anilines is 2. The van der Waals surface area contributed by atoms with Crippen LogP contribution >= 0.6 is 0 Å². The van der Waals surface area contributed by atoms with Crippen LogP contribution in [-0.2, 0) is 43.0 Å². The van der Waals surface area contributed by atoms with Crippen LogP contribution in [0.5, 0.6) is 0 Å². The first-order chi connectivity index (χ1) is 25.9. The van der Waals surface area contributed by atoms with Crippen LogP contribution in [0.1, 0.15) is 144 Å². The topological polar surface area (TPSA) is 128 Å². The zero-order valence-electron chi connectivity index (χ0n) is 34.9. The second-order valence-electron chi connectivity index (χ2n) is 17.5. The molecule has 2 aromatic carbocycles. The molecule has 2 aromatic rings. The van der Waals surface area contributed by atoms with Gasteiger partial charge in [0, 0.05) is 32.7 Å². The average Bonchev–Trinajstić information content (AvgIpc) is 3.12. The monoisotopic (exact) mass is 802 g/mol. The molecule has 2 aliphatic rings. The van der Waals surface area contributed by atoms with Crippen molar-refractivity contribution in [1.29, 1.82) is 0 Å². The number of aryl methyl sites for hydroxylation is 2. The molecule has 2 aliphatic carbocycles. The summed E-state index contributed by atoms with van der Waals surface area (Å²) in [6.45, 7) is 15.7. The maximum Gasteiger partial charge on any atom is 0.411 e. The molecule has 55 heavy (non-hydrogen) atoms. The molecular weight excluding hydrogens is 733 g/mol. The standard InChI is InChI=1S/C22H35NO4S.C22H35NO3S/c1-5-6-7-17-8-12-19(13-9-17)23-21(24)27-20-14-10-18(11-15-20)16-28(25,26)22(2,3)4;1-5-6-7-17-8-12-19(13-9-17)23-21(24)26-20-14-10-18(11-15-20)16-27(25)22(2,3)4/h8-9,12-13,18,20H,5-7,10-11,14-16H2,1-4H3,(H,23,24);8-9,12-13,18,20H,5-7,10-11,14-16H2,1-4H3,(H,23,24). The van der Waals surface area contributed by atoms with E-state index in [1.807, 2.05) is 57.2 Å². The molecule has 0 spiro atoms. The number of ether oxygens (including phenoxy) is 2. The Labute approximate surface area is 335 Å². The SMILES string of the molecule is CCCCc1ccc(NC(=O)OC2CCC(CS(=O)(=O)C(C)(C)C)CC2)cc1.CCCCc1ccc(NC(=O)OC2CCC(CS(=O)C(C)(C)C)CC2)cc1. The first kappa shape index (κ1) is 46.5. The van der Waals surface area contributed by atoms with E-state index in [0.717, 1.165) is 81.3 Å². The molecule has 0 saturated heterocycles. The van der Waals surface area contributed by atoms with E-state index in [4.69, 9.17) is 9.47 Å². The number of benzene rings is 2. The summed E-state index contributed by atoms with van der Waals surface area (Å²) in [4.78, 5) is 24.3. The van der Waals surface area contributed by atoms with Crippen LogP contribution < -0.4 is 10.6 Å². The number of hydrogen-bond donors (Lipinski definition) is 2. The highest BCUT2D eigenvalue weighted by molar-refractivity contribution is 7.92. The van der Waals surface area contributed by atoms with Crippen molar-refractivity contribution in [1.82, 2.24) is 0 Å². The highest BCUT2D eigenvalue weighted by Gasteiger charge is 2.34. The highest BCUT2D eigenvalue weighted by Crippen LogP contribution is 2.31. The van der Waals surface area contributed by atoms with Crippen LogP contribution in [0.4, 0.5) is 21.0 Å². The summed E-state index contributed by atoms with van der Waals surface area (Å²) in [5.74, 6) is 1.61. The summed E-state index contributed by atoms with van der Waals surface area (Å²) in [5, 5.41) is 5.61. The van der Waals surface area contributed by atoms with Crippen molar-refractivity contribution in [2.45, 2.75) is 167 Å². The van der Waals surface area contributed by atoms with Gasteiger partial charge in [-0.25, -0.2) is 18.0 Å². The van der Waals surface area contributed by atoms with Crippen molar-refractivity contribution >= 4 is 44.2 Å². The molecule has 9 nitrogen and oxygen atoms in total. The van der Waals surface area contributed by atoms with Crippen molar-refractivity contribution < 1.29 is 31.7 Å². The molecule has 1 unspecified atom stereocenters. The van der Waals surface area contributed by atoms with E-state index in [-0.39, 0.29) is 34.7 Å². The molecule has 2 N–H and O–H groups in total. The Bertz CT molecular complexity index is 1580. The summed E-state index contributed by atoms with van der Waals surface area (Å²) in [7, 11) is -3.92. The molecule has 0 aliphatic heterocycles. The van der Waals surface area contributed by atoms with E-state index < -0.39 is 31.5 Å². The largest absolute Gasteiger partial charge is 0.446 e. The maximum atomic E-state index is 12.4. The molecule has 2 fully saturated rings. The van der Waals surface area contributed by atoms with Crippen molar-refractivity contribution in [2.24, 2.45) is 11.8 Å². The lowest BCUT2D eigenvalue weighted by Gasteiger charge is -2.30. The molecule has 310 valence electrons. The normalized spacial score (nSPS) is 21.0. The summed E-state index contributed by atoms with van der Waals surface area (Å²) < 4.78 is 47.3. The Balaban J connectivity index is 0.000000296. The zero-order valence-corrected chi connectivity index (χ0v) is 36.5. The first-order valence-electron chi connectivity index (χ1n) is 20.6. The van der Waals surface area contributed by atoms with Gasteiger partial charge >= 0.3 is 12.2 Å². The molecule has 0 aromatic heterocycles. The molecule has 4 rings (SSSR count). The molecule has 0 bridgehead atoms. The van der Waals surface area contributed by atoms with Crippen LogP contribution in [0.2, 0.25) is 0 Å². The van der Waals surface area contributed by atoms with Gasteiger partial charge in [0.2, 0.25) is 0 Å². The Morgan fingerprint density at radius 1 is 0.655 bits per heavy atom. The van der Waals surface area contributed by atoms with Crippen molar-refractivity contribution in [3.8, 4) is 0 Å². The van der Waals surface area contributed by atoms with Gasteiger partial charge in [0.25, 0.3) is 0 Å². The third-order valence-electron chi connectivity index (χ3n) is 10.6. The quantitative estimate of drug-likeness (QED) is 0.195. The van der Waals surface area contributed by atoms with Gasteiger partial charge in [-0.15, -0.1) is 0 Å². The number of carbonyl (C=O) groups excluding carboxylic acids is 2. The number of nitrogens with one attached hydrogen (secondary N) is 2. The highest BCUT2D eigenvalue weighted by atomic mass is 32.2. The Morgan fingerprint density at radius 3 is 1.38 bits per heavy atom. The lowest BCUT2D eigenvalue weighted by Crippen LogP contribution is -2.35. The van der Waals surface area contributed by atoms with Gasteiger partial charge in [0.15, 0.2) is 9.84 Å². The summed E-state index contributed by atoms with van der Waals surface area (Å²) in [6.07, 6.45) is 12.5. The zero-order chi connectivity index (χ0) is 40.6. The van der Waals surface area contributed by atoms with Crippen LogP contribution in [0.25, 0.3) is 0 Å². The van der Waals surface area contributed by atoms with Gasteiger partial charge in [-0.1, -0.05) is 51.0 Å². The minimum absolute atomic E-state index is 0.0341. The Kier molecular flexibility index (Phi) is 18.7. The molecule has 0 heterocycles. The van der Waals surface area contributed by atoms with Crippen LogP contribution in [0.15, 0.2) is 48.5 Å². The predicted octanol–water partition coefficient (Wildman–Crippen LogP) is 11.0. The third-order valence-corrected chi connectivity index (χ3v) is 15.5. The molecular formula is C44H70N2O7S2. The van der Waals surface area contributed by atoms with E-state index in [0.29, 0.717) is 18.8 Å². The van der Waals surface area contributed by atoms with Gasteiger partial charge in [-0.2, -0.15) is 0 Å². The van der Waals surface area contributed by atoms with Crippen LogP contribution in [0, 0.1) is 11.8 Å². The first-order valence-corrected chi connectivity index (χ1v) is 23.6. The fraction of sp³-hybridized carbons (Fsp3) is 0.682. The van der Waals surface area contributed by atoms with Crippen molar-refractivity contribution in [3.63, 3.8) is 0 Å². The average molecular weight is 803 g/mol. The van der Waals surface area contributed by atoms with E-state index >= 15 is 0 Å². The molecule has 1 atom stereocenters. The van der Waals surface area contributed by atoms with Gasteiger partial charge in [-0.05, 0) is 166 Å². The fourth-order valence-electron chi connectivity index (χ4n) is 6.73. The second kappa shape index (κ2) is 22.1. The number of carbonyl (C=O) groups is 2. The molecule has 11 heteroatoms. The van der Waals surface area contributed by atoms with E-state index in [1.54, 1.807) is 20.8 Å². The van der Waals surface area contributed by atoms with Gasteiger partial charge in [0.1, 0.15) is 12.2 Å². The second-order valence-corrected chi connectivity index (χ2v) is 22.5. The van der Waals surface area contributed by atoms with E-state index in [1.165, 1.54) is 24.0 Å². The number of sulfone groups is 1. The van der Waals surface area contributed by atoms with E-state index in [9.17, 15) is 22.2 Å². The third kappa shape index (κ3) is 17.0. The summed E-state index contributed by atoms with van der Waals surface area (Å²) >= 11 is 0. The molecule has 2 saturated carbocycles. The van der Waals surface area contributed by atoms with Crippen LogP contribution in [-0.4, -0.2) is 58.0 Å². The fourth-order valence-corrected chi connectivity index (χ4v) is 9.44. The molecule has 2 amide bonds. The van der Waals surface area contributed by atoms with Gasteiger partial charge in [-0.3, -0.25) is 14.8 Å². The summed E-state index contributed by atoms with van der Waals surface area (Å²) in [5.41, 5.74) is 4.07. The lowest BCUT2D eigenvalue weighted by molar-refractivity contribution is 0.0763. The van der Waals surface area contributed by atoms with Crippen molar-refractivity contribution in [3.05, 3.63) is 59.7 Å². The number of hydrogen-bond acceptors (Lipinski definition) is 7. The Hall–Kier alpha value is -2.92. The number of unbranched alkanes of at least 4 members (excludes halogenated alkanes) is 2. The minimum Gasteiger partial charge on any atom is -0.446 e. The smallest absolute Gasteiger partial charge is 0.411 e. The number of rotatable bonds is 14. The van der Waals surface area contributed by atoms with Gasteiger partial charge in [0.05, 0.1) is 10.5 Å². The van der Waals surface area contributed by atoms with Crippen LogP contribution in [0.3, 0.4) is 0 Å². The van der Waals surface area contributed by atoms with Gasteiger partial charge < -0.3 is 9.47 Å². The predicted molar refractivity (Wildman–Crippen MR) is 228 cm³/mol. The molecule has 0 radical (unpaired) electrons. The number of amides is 2. The maximum absolute atomic E-state index is 12.4. The summed E-state index contributed by atoms with van der Waals surface area (Å²) in [6, 6.07) is 15.9. The minimum atomic E-state index is -3.11.